The van der Waals surface area contributed by atoms with E-state index < -0.39 is 11.9 Å². The number of urea groups is 1. The van der Waals surface area contributed by atoms with Crippen LogP contribution in [0.2, 0.25) is 0 Å². The van der Waals surface area contributed by atoms with Gasteiger partial charge in [-0.25, -0.2) is 9.78 Å². The highest BCUT2D eigenvalue weighted by molar-refractivity contribution is 7.18. The van der Waals surface area contributed by atoms with E-state index in [1.54, 1.807) is 19.4 Å². The number of hydrogen-bond donors (Lipinski definition) is 3. The van der Waals surface area contributed by atoms with E-state index in [1.165, 1.54) is 11.3 Å². The fourth-order valence-electron chi connectivity index (χ4n) is 3.36. The van der Waals surface area contributed by atoms with E-state index in [0.29, 0.717) is 16.8 Å². The van der Waals surface area contributed by atoms with Gasteiger partial charge >= 0.3 is 6.03 Å². The molecule has 1 unspecified atom stereocenters. The smallest absolute Gasteiger partial charge is 0.316 e. The predicted octanol–water partition coefficient (Wildman–Crippen LogP) is 3.18. The number of amides is 3. The third kappa shape index (κ3) is 5.46. The molecule has 31 heavy (non-hydrogen) atoms. The van der Waals surface area contributed by atoms with Gasteiger partial charge in [0.15, 0.2) is 0 Å². The lowest BCUT2D eigenvalue weighted by atomic mass is 10.1. The molecule has 8 nitrogen and oxygen atoms in total. The van der Waals surface area contributed by atoms with E-state index in [4.69, 9.17) is 16.2 Å². The molecule has 0 aliphatic rings. The van der Waals surface area contributed by atoms with E-state index >= 15 is 0 Å². The van der Waals surface area contributed by atoms with Gasteiger partial charge in [-0.3, -0.25) is 9.28 Å². The Morgan fingerprint density at radius 1 is 1.16 bits per heavy atom. The number of carbonyl (C=O) groups excluding carboxylic acids is 2. The summed E-state index contributed by atoms with van der Waals surface area (Å²) in [5, 5.41) is 2.45. The first-order valence-corrected chi connectivity index (χ1v) is 10.5. The van der Waals surface area contributed by atoms with Crippen LogP contribution in [0.1, 0.15) is 15.2 Å². The van der Waals surface area contributed by atoms with Crippen LogP contribution in [0.3, 0.4) is 0 Å². The number of nitrogens with zero attached hydrogens (tertiary/aromatic N) is 2. The number of aromatic nitrogens is 1. The minimum Gasteiger partial charge on any atom is -0.379 e. The maximum Gasteiger partial charge on any atom is 0.316 e. The summed E-state index contributed by atoms with van der Waals surface area (Å²) in [6.45, 7) is 2.14. The highest BCUT2D eigenvalue weighted by Crippen LogP contribution is 2.35. The molecule has 1 aromatic carbocycles. The molecular weight excluding hydrogens is 414 g/mol. The molecule has 1 atom stereocenters. The largest absolute Gasteiger partial charge is 0.379 e. The van der Waals surface area contributed by atoms with Crippen LogP contribution in [-0.4, -0.2) is 44.2 Å². The topological polar surface area (TPSA) is 120 Å². The molecule has 0 aliphatic heterocycles. The van der Waals surface area contributed by atoms with Crippen molar-refractivity contribution in [1.29, 1.82) is 0 Å². The minimum atomic E-state index is -0.746. The molecule has 0 radical (unpaired) electrons. The van der Waals surface area contributed by atoms with Crippen molar-refractivity contribution in [2.45, 2.75) is 6.54 Å². The number of nitrogens with two attached hydrogens (primary N) is 2. The number of carbonyl (C=O) groups is 2. The standard InChI is InChI=1S/C22H25N5O3S/c1-27(11-12-30-2,19-5-3-4-10-25-19)14-15-6-8-16(9-7-15)18-13-17(26-22(24)29)20(31-18)21(23)28/h3-10,13H,11-12,14H2,1-2H3,(H4-,23,24,26,28,29)/p+1. The third-order valence-electron chi connectivity index (χ3n) is 4.98. The van der Waals surface area contributed by atoms with Crippen molar-refractivity contribution >= 4 is 34.8 Å². The van der Waals surface area contributed by atoms with Crippen LogP contribution in [0.4, 0.5) is 16.3 Å². The maximum atomic E-state index is 11.7. The third-order valence-corrected chi connectivity index (χ3v) is 6.17. The Bertz CT molecular complexity index is 1050. The van der Waals surface area contributed by atoms with Crippen molar-refractivity contribution in [2.75, 3.05) is 32.6 Å². The lowest BCUT2D eigenvalue weighted by molar-refractivity contribution is 0.100. The molecule has 2 aromatic heterocycles. The molecule has 0 saturated heterocycles. The second-order valence-corrected chi connectivity index (χ2v) is 8.41. The number of quaternary nitrogens is 1. The molecule has 162 valence electrons. The summed E-state index contributed by atoms with van der Waals surface area (Å²) >= 11 is 1.21. The number of methoxy groups -OCH3 is 1. The van der Waals surface area contributed by atoms with E-state index in [1.807, 2.05) is 42.5 Å². The number of rotatable bonds is 9. The zero-order valence-electron chi connectivity index (χ0n) is 17.5. The Morgan fingerprint density at radius 2 is 1.90 bits per heavy atom. The number of likely N-dealkylation sites (N-methyl/N-ethyl adjacent to an activating group) is 1. The van der Waals surface area contributed by atoms with Gasteiger partial charge in [0.05, 0.1) is 19.3 Å². The number of benzene rings is 1. The molecule has 9 heteroatoms. The van der Waals surface area contributed by atoms with Crippen LogP contribution in [0, 0.1) is 0 Å². The van der Waals surface area contributed by atoms with Crippen molar-refractivity contribution in [3.63, 3.8) is 0 Å². The Morgan fingerprint density at radius 3 is 2.48 bits per heavy atom. The van der Waals surface area contributed by atoms with Gasteiger partial charge in [-0.05, 0) is 17.7 Å². The first-order valence-electron chi connectivity index (χ1n) is 9.67. The zero-order valence-corrected chi connectivity index (χ0v) is 18.3. The summed E-state index contributed by atoms with van der Waals surface area (Å²) in [6, 6.07) is 14.9. The molecule has 0 saturated carbocycles. The number of thiophene rings is 1. The molecule has 5 N–H and O–H groups in total. The number of ether oxygens (including phenoxy) is 1. The van der Waals surface area contributed by atoms with Crippen LogP contribution in [0.25, 0.3) is 10.4 Å². The Kier molecular flexibility index (Phi) is 7.01. The molecule has 0 spiro atoms. The fourth-order valence-corrected chi connectivity index (χ4v) is 4.33. The van der Waals surface area contributed by atoms with Gasteiger partial charge in [0.25, 0.3) is 5.91 Å². The number of hydrogen-bond acceptors (Lipinski definition) is 5. The molecule has 2 heterocycles. The average molecular weight is 441 g/mol. The second kappa shape index (κ2) is 9.69. The average Bonchev–Trinajstić information content (AvgIpc) is 3.17. The molecule has 0 fully saturated rings. The minimum absolute atomic E-state index is 0.261. The van der Waals surface area contributed by atoms with Gasteiger partial charge in [-0.2, -0.15) is 0 Å². The SMILES string of the molecule is COCC[N+](C)(Cc1ccc(-c2cc(NC(N)=O)c(C(N)=O)s2)cc1)c1ccccn1. The highest BCUT2D eigenvalue weighted by Gasteiger charge is 2.26. The molecular formula is C22H26N5O3S+. The van der Waals surface area contributed by atoms with E-state index in [-0.39, 0.29) is 4.88 Å². The normalized spacial score (nSPS) is 12.8. The summed E-state index contributed by atoms with van der Waals surface area (Å²) in [4.78, 5) is 28.5. The van der Waals surface area contributed by atoms with Crippen LogP contribution < -0.4 is 21.3 Å². The second-order valence-electron chi connectivity index (χ2n) is 7.36. The van der Waals surface area contributed by atoms with Gasteiger partial charge in [0.1, 0.15) is 18.0 Å². The fraction of sp³-hybridized carbons (Fsp3) is 0.227. The van der Waals surface area contributed by atoms with Crippen molar-refractivity contribution in [3.05, 3.63) is 65.2 Å². The number of pyridine rings is 1. The summed E-state index contributed by atoms with van der Waals surface area (Å²) in [7, 11) is 3.83. The summed E-state index contributed by atoms with van der Waals surface area (Å²) < 4.78 is 5.92. The van der Waals surface area contributed by atoms with Gasteiger partial charge < -0.3 is 21.5 Å². The van der Waals surface area contributed by atoms with Crippen molar-refractivity contribution in [3.8, 4) is 10.4 Å². The van der Waals surface area contributed by atoms with Crippen molar-refractivity contribution in [1.82, 2.24) is 9.47 Å². The lowest BCUT2D eigenvalue weighted by Crippen LogP contribution is -2.47. The number of anilines is 1. The molecule has 3 rings (SSSR count). The van der Waals surface area contributed by atoms with E-state index in [9.17, 15) is 9.59 Å². The first-order chi connectivity index (χ1) is 14.8. The van der Waals surface area contributed by atoms with Gasteiger partial charge in [0.2, 0.25) is 5.82 Å². The van der Waals surface area contributed by atoms with E-state index in [2.05, 4.69) is 17.3 Å². The van der Waals surface area contributed by atoms with Crippen LogP contribution in [0.5, 0.6) is 0 Å². The van der Waals surface area contributed by atoms with Gasteiger partial charge in [-0.1, -0.05) is 30.3 Å². The quantitative estimate of drug-likeness (QED) is 0.443. The van der Waals surface area contributed by atoms with Crippen molar-refractivity contribution in [2.24, 2.45) is 11.5 Å². The Hall–Kier alpha value is -3.27. The Balaban J connectivity index is 1.85. The van der Waals surface area contributed by atoms with Gasteiger partial charge in [-0.15, -0.1) is 11.3 Å². The molecule has 3 amide bonds. The highest BCUT2D eigenvalue weighted by atomic mass is 32.1. The zero-order chi connectivity index (χ0) is 22.4. The lowest BCUT2D eigenvalue weighted by Gasteiger charge is -2.32. The molecule has 3 aromatic rings. The van der Waals surface area contributed by atoms with Crippen LogP contribution in [0.15, 0.2) is 54.7 Å². The number of primary amides is 2. The van der Waals surface area contributed by atoms with Crippen LogP contribution in [-0.2, 0) is 11.3 Å². The molecule has 0 aliphatic carbocycles. The predicted molar refractivity (Wildman–Crippen MR) is 124 cm³/mol. The number of nitrogens with one attached hydrogen (secondary N) is 1. The Labute approximate surface area is 185 Å². The molecule has 0 bridgehead atoms. The summed E-state index contributed by atoms with van der Waals surface area (Å²) in [6.07, 6.45) is 1.80. The summed E-state index contributed by atoms with van der Waals surface area (Å²) in [5.41, 5.74) is 13.0. The first kappa shape index (κ1) is 22.4. The van der Waals surface area contributed by atoms with E-state index in [0.717, 1.165) is 34.9 Å². The van der Waals surface area contributed by atoms with Gasteiger partial charge in [0, 0.05) is 29.8 Å². The van der Waals surface area contributed by atoms with Crippen molar-refractivity contribution < 1.29 is 14.3 Å². The monoisotopic (exact) mass is 440 g/mol. The van der Waals surface area contributed by atoms with Crippen LogP contribution >= 0.6 is 11.3 Å². The maximum absolute atomic E-state index is 11.7. The summed E-state index contributed by atoms with van der Waals surface area (Å²) in [5.74, 6) is 0.355.